The molecule has 0 aliphatic rings. The minimum atomic E-state index is -3.10. The van der Waals surface area contributed by atoms with Crippen LogP contribution in [0.2, 0.25) is 0 Å². The van der Waals surface area contributed by atoms with E-state index in [9.17, 15) is 0 Å². The van der Waals surface area contributed by atoms with Gasteiger partial charge in [-0.05, 0) is 13.8 Å². The fourth-order valence-electron chi connectivity index (χ4n) is 0.489. The van der Waals surface area contributed by atoms with Crippen LogP contribution in [0.4, 0.5) is 0 Å². The third-order valence-corrected chi connectivity index (χ3v) is 1.50. The van der Waals surface area contributed by atoms with Crippen LogP contribution in [0.3, 0.4) is 0 Å². The lowest BCUT2D eigenvalue weighted by Crippen LogP contribution is -2.49. The molecule has 0 aromatic rings. The van der Waals surface area contributed by atoms with Crippen LogP contribution in [-0.2, 0) is 4.74 Å². The Morgan fingerprint density at radius 3 is 1.15 bits per heavy atom. The molecule has 6 N–H and O–H groups in total. The maximum absolute atomic E-state index is 8.54. The second-order valence-corrected chi connectivity index (χ2v) is 2.80. The minimum absolute atomic E-state index is 1.07. The van der Waals surface area contributed by atoms with E-state index < -0.39 is 24.2 Å². The summed E-state index contributed by atoms with van der Waals surface area (Å²) in [4.78, 5) is 0. The van der Waals surface area contributed by atoms with Crippen LogP contribution in [-0.4, -0.2) is 54.8 Å². The van der Waals surface area contributed by atoms with Crippen LogP contribution in [0.5, 0.6) is 0 Å². The molecule has 0 fully saturated rings. The van der Waals surface area contributed by atoms with Crippen molar-refractivity contribution in [2.24, 2.45) is 0 Å². The summed E-state index contributed by atoms with van der Waals surface area (Å²) in [6, 6.07) is 0. The third kappa shape index (κ3) is 4.48. The van der Waals surface area contributed by atoms with E-state index >= 15 is 0 Å². The quantitative estimate of drug-likeness (QED) is 0.266. The number of ether oxygens (including phenoxy) is 1. The first kappa shape index (κ1) is 12.7. The molecule has 0 saturated carbocycles. The van der Waals surface area contributed by atoms with Gasteiger partial charge in [0.1, 0.15) is 12.2 Å². The monoisotopic (exact) mass is 198 g/mol. The largest absolute Gasteiger partial charge is 0.359 e. The number of aliphatic hydroxyl groups is 6. The second kappa shape index (κ2) is 3.84. The molecule has 13 heavy (non-hydrogen) atoms. The van der Waals surface area contributed by atoms with E-state index in [2.05, 4.69) is 4.74 Å². The van der Waals surface area contributed by atoms with Crippen molar-refractivity contribution in [3.05, 3.63) is 0 Å². The third-order valence-electron chi connectivity index (χ3n) is 1.50. The Morgan fingerprint density at radius 2 is 1.00 bits per heavy atom. The maximum atomic E-state index is 8.54. The van der Waals surface area contributed by atoms with Crippen LogP contribution in [0.1, 0.15) is 13.8 Å². The van der Waals surface area contributed by atoms with Gasteiger partial charge in [0.2, 0.25) is 0 Å². The first-order valence-corrected chi connectivity index (χ1v) is 3.55. The molecule has 0 aliphatic heterocycles. The smallest absolute Gasteiger partial charge is 0.302 e. The molecule has 0 saturated heterocycles. The Hall–Kier alpha value is -0.280. The van der Waals surface area contributed by atoms with Gasteiger partial charge in [0.25, 0.3) is 0 Å². The van der Waals surface area contributed by atoms with Crippen molar-refractivity contribution in [2.45, 2.75) is 38.0 Å². The molecule has 7 nitrogen and oxygen atoms in total. The molecule has 0 radical (unpaired) electrons. The highest BCUT2D eigenvalue weighted by Gasteiger charge is 2.36. The molecule has 0 aromatic carbocycles. The lowest BCUT2D eigenvalue weighted by molar-refractivity contribution is -0.402. The van der Waals surface area contributed by atoms with Gasteiger partial charge < -0.3 is 35.4 Å². The van der Waals surface area contributed by atoms with Crippen molar-refractivity contribution in [3.63, 3.8) is 0 Å². The van der Waals surface area contributed by atoms with Crippen molar-refractivity contribution in [1.29, 1.82) is 0 Å². The highest BCUT2D eigenvalue weighted by molar-refractivity contribution is 4.65. The topological polar surface area (TPSA) is 131 Å². The average molecular weight is 198 g/mol. The molecule has 0 bridgehead atoms. The fourth-order valence-corrected chi connectivity index (χ4v) is 0.489. The molecular weight excluding hydrogens is 184 g/mol. The average Bonchev–Trinajstić information content (AvgIpc) is 1.82. The maximum Gasteiger partial charge on any atom is 0.302 e. The Kier molecular flexibility index (Phi) is 3.76. The van der Waals surface area contributed by atoms with Crippen LogP contribution < -0.4 is 0 Å². The molecule has 0 heterocycles. The molecule has 80 valence electrons. The van der Waals surface area contributed by atoms with Gasteiger partial charge in [-0.15, -0.1) is 0 Å². The summed E-state index contributed by atoms with van der Waals surface area (Å²) >= 11 is 0. The van der Waals surface area contributed by atoms with Crippen LogP contribution in [0.15, 0.2) is 0 Å². The summed E-state index contributed by atoms with van der Waals surface area (Å²) in [6.45, 7) is 2.14. The zero-order valence-corrected chi connectivity index (χ0v) is 7.25. The van der Waals surface area contributed by atoms with Crippen molar-refractivity contribution in [1.82, 2.24) is 0 Å². The van der Waals surface area contributed by atoms with Crippen molar-refractivity contribution in [3.8, 4) is 0 Å². The summed E-state index contributed by atoms with van der Waals surface area (Å²) < 4.78 is 4.48. The predicted molar refractivity (Wildman–Crippen MR) is 38.8 cm³/mol. The van der Waals surface area contributed by atoms with E-state index in [1.807, 2.05) is 0 Å². The molecule has 0 rings (SSSR count). The minimum Gasteiger partial charge on any atom is -0.359 e. The summed E-state index contributed by atoms with van der Waals surface area (Å²) in [5, 5.41) is 51.3. The lowest BCUT2D eigenvalue weighted by atomic mass is 10.3. The van der Waals surface area contributed by atoms with E-state index in [1.54, 1.807) is 0 Å². The number of rotatable bonds is 4. The first-order chi connectivity index (χ1) is 5.55. The summed E-state index contributed by atoms with van der Waals surface area (Å²) in [5.41, 5.74) is 0. The van der Waals surface area contributed by atoms with Gasteiger partial charge in [-0.3, -0.25) is 0 Å². The van der Waals surface area contributed by atoms with E-state index in [0.29, 0.717) is 0 Å². The van der Waals surface area contributed by atoms with Crippen molar-refractivity contribution >= 4 is 0 Å². The Bertz CT molecular complexity index is 137. The molecule has 2 unspecified atom stereocenters. The van der Waals surface area contributed by atoms with E-state index in [-0.39, 0.29) is 0 Å². The van der Waals surface area contributed by atoms with Crippen molar-refractivity contribution < 1.29 is 35.4 Å². The summed E-state index contributed by atoms with van der Waals surface area (Å²) in [6.07, 6.45) is -3.01. The van der Waals surface area contributed by atoms with Gasteiger partial charge in [0, 0.05) is 0 Å². The second-order valence-electron chi connectivity index (χ2n) is 2.80. The Morgan fingerprint density at radius 1 is 0.769 bits per heavy atom. The molecule has 7 heteroatoms. The van der Waals surface area contributed by atoms with Gasteiger partial charge in [0.15, 0.2) is 0 Å². The van der Waals surface area contributed by atoms with Crippen molar-refractivity contribution in [2.75, 3.05) is 0 Å². The normalized spacial score (nSPS) is 18.5. The Balaban J connectivity index is 4.15. The SMILES string of the molecule is CC(OC(C)C(O)(O)O)C(O)(O)O. The van der Waals surface area contributed by atoms with E-state index in [0.717, 1.165) is 13.8 Å². The highest BCUT2D eigenvalue weighted by Crippen LogP contribution is 2.13. The van der Waals surface area contributed by atoms with Gasteiger partial charge in [0.05, 0.1) is 0 Å². The van der Waals surface area contributed by atoms with Crippen LogP contribution >= 0.6 is 0 Å². The van der Waals surface area contributed by atoms with Crippen LogP contribution in [0.25, 0.3) is 0 Å². The lowest BCUT2D eigenvalue weighted by Gasteiger charge is -2.29. The van der Waals surface area contributed by atoms with E-state index in [1.165, 1.54) is 0 Å². The molecule has 0 aliphatic carbocycles. The van der Waals surface area contributed by atoms with Gasteiger partial charge >= 0.3 is 11.9 Å². The molecular formula is C6H14O7. The van der Waals surface area contributed by atoms with Gasteiger partial charge in [-0.2, -0.15) is 0 Å². The highest BCUT2D eigenvalue weighted by atomic mass is 16.7. The fraction of sp³-hybridized carbons (Fsp3) is 1.00. The van der Waals surface area contributed by atoms with Gasteiger partial charge in [-0.1, -0.05) is 0 Å². The van der Waals surface area contributed by atoms with Crippen LogP contribution in [0, 0.1) is 0 Å². The predicted octanol–water partition coefficient (Wildman–Crippen LogP) is -2.96. The molecule has 2 atom stereocenters. The standard InChI is InChI=1S/C6H14O7/c1-3(5(7,8)9)13-4(2)6(10,11)12/h3-4,7-12H,1-2H3. The Labute approximate surface area is 74.4 Å². The van der Waals surface area contributed by atoms with Gasteiger partial charge in [-0.25, -0.2) is 0 Å². The van der Waals surface area contributed by atoms with E-state index in [4.69, 9.17) is 30.6 Å². The molecule has 0 spiro atoms. The molecule has 0 aromatic heterocycles. The zero-order chi connectivity index (χ0) is 10.9. The number of hydrogen-bond acceptors (Lipinski definition) is 7. The number of hydrogen-bond donors (Lipinski definition) is 6. The molecule has 0 amide bonds. The zero-order valence-electron chi connectivity index (χ0n) is 7.25. The first-order valence-electron chi connectivity index (χ1n) is 3.55. The summed E-state index contributed by atoms with van der Waals surface area (Å²) in [5.74, 6) is -6.20. The summed E-state index contributed by atoms with van der Waals surface area (Å²) in [7, 11) is 0.